The van der Waals surface area contributed by atoms with Gasteiger partial charge in [0.1, 0.15) is 12.0 Å². The number of benzene rings is 1. The zero-order valence-electron chi connectivity index (χ0n) is 16.0. The molecule has 0 bridgehead atoms. The van der Waals surface area contributed by atoms with Gasteiger partial charge in [0.2, 0.25) is 0 Å². The summed E-state index contributed by atoms with van der Waals surface area (Å²) in [7, 11) is 1.65. The third-order valence-electron chi connectivity index (χ3n) is 3.64. The Morgan fingerprint density at radius 3 is 2.50 bits per heavy atom. The van der Waals surface area contributed by atoms with Crippen molar-refractivity contribution in [2.45, 2.75) is 41.0 Å². The van der Waals surface area contributed by atoms with E-state index >= 15 is 0 Å². The second kappa shape index (κ2) is 12.5. The summed E-state index contributed by atoms with van der Waals surface area (Å²) in [5.74, 6) is 0.837. The van der Waals surface area contributed by atoms with Gasteiger partial charge in [-0.05, 0) is 50.5 Å². The lowest BCUT2D eigenvalue weighted by Gasteiger charge is -2.22. The molecular weight excluding hydrogens is 300 g/mol. The summed E-state index contributed by atoms with van der Waals surface area (Å²) in [6.07, 6.45) is 3.23. The minimum absolute atomic E-state index is 0.0633. The molecule has 134 valence electrons. The highest BCUT2D eigenvalue weighted by Gasteiger charge is 2.20. The molecule has 0 saturated carbocycles. The minimum Gasteiger partial charge on any atom is -0.496 e. The van der Waals surface area contributed by atoms with Crippen molar-refractivity contribution >= 4 is 11.9 Å². The summed E-state index contributed by atoms with van der Waals surface area (Å²) in [4.78, 5) is 11.1. The van der Waals surface area contributed by atoms with Crippen molar-refractivity contribution in [2.75, 3.05) is 20.3 Å². The third kappa shape index (κ3) is 6.71. The molecule has 0 N–H and O–H groups in total. The first-order chi connectivity index (χ1) is 11.5. The number of rotatable bonds is 9. The van der Waals surface area contributed by atoms with Gasteiger partial charge >= 0.3 is 0 Å². The molecule has 0 aliphatic heterocycles. The number of aryl methyl sites for hydroxylation is 1. The van der Waals surface area contributed by atoms with Gasteiger partial charge in [-0.1, -0.05) is 38.1 Å². The SMILES string of the molecule is C=C(C)C(CCOCC)/C(=C\C=O)c1ccc(C)cc1OC.CC. The Labute approximate surface area is 147 Å². The Hall–Kier alpha value is -1.87. The molecule has 0 aliphatic rings. The van der Waals surface area contributed by atoms with E-state index < -0.39 is 0 Å². The lowest BCUT2D eigenvalue weighted by Crippen LogP contribution is -2.10. The van der Waals surface area contributed by atoms with Crippen molar-refractivity contribution in [3.05, 3.63) is 47.6 Å². The second-order valence-electron chi connectivity index (χ2n) is 5.35. The van der Waals surface area contributed by atoms with Crippen LogP contribution < -0.4 is 4.74 Å². The summed E-state index contributed by atoms with van der Waals surface area (Å²) < 4.78 is 11.0. The minimum atomic E-state index is 0.0633. The zero-order chi connectivity index (χ0) is 18.5. The first-order valence-electron chi connectivity index (χ1n) is 8.58. The molecule has 0 fully saturated rings. The molecule has 0 aliphatic carbocycles. The average Bonchev–Trinajstić information content (AvgIpc) is 2.59. The van der Waals surface area contributed by atoms with E-state index in [0.29, 0.717) is 13.2 Å². The van der Waals surface area contributed by atoms with Crippen LogP contribution in [0.3, 0.4) is 0 Å². The molecule has 3 nitrogen and oxygen atoms in total. The standard InChI is InChI=1S/C19H26O3.C2H6/c1-6-22-12-10-16(14(2)3)17(9-11-20)18-8-7-15(4)13-19(18)21-5;1-2/h7-9,11,13,16H,2,6,10,12H2,1,3-5H3;1-2H3/b17-9+;. The van der Waals surface area contributed by atoms with Gasteiger partial charge in [-0.15, -0.1) is 0 Å². The van der Waals surface area contributed by atoms with Crippen LogP contribution in [-0.4, -0.2) is 26.6 Å². The van der Waals surface area contributed by atoms with Gasteiger partial charge < -0.3 is 9.47 Å². The number of allylic oxidation sites excluding steroid dienone is 3. The van der Waals surface area contributed by atoms with E-state index in [0.717, 1.165) is 40.7 Å². The van der Waals surface area contributed by atoms with Crippen molar-refractivity contribution in [1.82, 2.24) is 0 Å². The molecule has 1 aromatic carbocycles. The maximum atomic E-state index is 11.1. The lowest BCUT2D eigenvalue weighted by atomic mass is 9.84. The van der Waals surface area contributed by atoms with E-state index in [1.165, 1.54) is 0 Å². The van der Waals surface area contributed by atoms with Gasteiger partial charge in [-0.3, -0.25) is 4.79 Å². The smallest absolute Gasteiger partial charge is 0.143 e. The van der Waals surface area contributed by atoms with E-state index in [2.05, 4.69) is 6.58 Å². The fourth-order valence-corrected chi connectivity index (χ4v) is 2.52. The van der Waals surface area contributed by atoms with Crippen molar-refractivity contribution in [3.63, 3.8) is 0 Å². The van der Waals surface area contributed by atoms with E-state index in [1.54, 1.807) is 13.2 Å². The fourth-order valence-electron chi connectivity index (χ4n) is 2.52. The molecular formula is C21H32O3. The van der Waals surface area contributed by atoms with Crippen molar-refractivity contribution < 1.29 is 14.3 Å². The molecule has 3 heteroatoms. The quantitative estimate of drug-likeness (QED) is 0.269. The Morgan fingerprint density at radius 2 is 2.00 bits per heavy atom. The summed E-state index contributed by atoms with van der Waals surface area (Å²) >= 11 is 0. The number of carbonyl (C=O) groups is 1. The predicted octanol–water partition coefficient (Wildman–Crippen LogP) is 5.23. The van der Waals surface area contributed by atoms with Gasteiger partial charge in [0.25, 0.3) is 0 Å². The summed E-state index contributed by atoms with van der Waals surface area (Å²) in [6.45, 7) is 15.4. The van der Waals surface area contributed by atoms with E-state index in [4.69, 9.17) is 9.47 Å². The van der Waals surface area contributed by atoms with Crippen LogP contribution >= 0.6 is 0 Å². The molecule has 1 rings (SSSR count). The summed E-state index contributed by atoms with van der Waals surface area (Å²) in [5.41, 5.74) is 3.99. The summed E-state index contributed by atoms with van der Waals surface area (Å²) in [6, 6.07) is 6.00. The molecule has 1 unspecified atom stereocenters. The van der Waals surface area contributed by atoms with Gasteiger partial charge in [0, 0.05) is 24.7 Å². The van der Waals surface area contributed by atoms with Crippen LogP contribution in [-0.2, 0) is 9.53 Å². The number of ether oxygens (including phenoxy) is 2. The number of carbonyl (C=O) groups excluding carboxylic acids is 1. The fraction of sp³-hybridized carbons (Fsp3) is 0.476. The molecule has 0 saturated heterocycles. The first-order valence-corrected chi connectivity index (χ1v) is 8.58. The van der Waals surface area contributed by atoms with Crippen LogP contribution in [0.25, 0.3) is 5.57 Å². The van der Waals surface area contributed by atoms with Gasteiger partial charge in [0.15, 0.2) is 0 Å². The van der Waals surface area contributed by atoms with Crippen molar-refractivity contribution in [3.8, 4) is 5.75 Å². The van der Waals surface area contributed by atoms with Crippen LogP contribution in [0.15, 0.2) is 36.4 Å². The molecule has 0 aromatic heterocycles. The Balaban J connectivity index is 0.00000254. The molecule has 0 spiro atoms. The highest BCUT2D eigenvalue weighted by Crippen LogP contribution is 2.36. The average molecular weight is 332 g/mol. The largest absolute Gasteiger partial charge is 0.496 e. The van der Waals surface area contributed by atoms with E-state index in [9.17, 15) is 4.79 Å². The van der Waals surface area contributed by atoms with Crippen LogP contribution in [0, 0.1) is 12.8 Å². The Kier molecular flexibility index (Phi) is 11.6. The monoisotopic (exact) mass is 332 g/mol. The normalized spacial score (nSPS) is 12.0. The number of hydrogen-bond acceptors (Lipinski definition) is 3. The second-order valence-corrected chi connectivity index (χ2v) is 5.35. The third-order valence-corrected chi connectivity index (χ3v) is 3.64. The van der Waals surface area contributed by atoms with Gasteiger partial charge in [0.05, 0.1) is 7.11 Å². The maximum Gasteiger partial charge on any atom is 0.143 e. The zero-order valence-corrected chi connectivity index (χ0v) is 16.0. The van der Waals surface area contributed by atoms with Crippen molar-refractivity contribution in [1.29, 1.82) is 0 Å². The lowest BCUT2D eigenvalue weighted by molar-refractivity contribution is -0.104. The Morgan fingerprint density at radius 1 is 1.33 bits per heavy atom. The highest BCUT2D eigenvalue weighted by molar-refractivity contribution is 5.85. The maximum absolute atomic E-state index is 11.1. The predicted molar refractivity (Wildman–Crippen MR) is 103 cm³/mol. The Bertz CT molecular complexity index is 544. The molecule has 0 heterocycles. The van der Waals surface area contributed by atoms with Gasteiger partial charge in [-0.2, -0.15) is 0 Å². The highest BCUT2D eigenvalue weighted by atomic mass is 16.5. The molecule has 1 atom stereocenters. The van der Waals surface area contributed by atoms with E-state index in [1.807, 2.05) is 52.8 Å². The topological polar surface area (TPSA) is 35.5 Å². The number of hydrogen-bond donors (Lipinski definition) is 0. The van der Waals surface area contributed by atoms with Gasteiger partial charge in [-0.25, -0.2) is 0 Å². The van der Waals surface area contributed by atoms with Crippen LogP contribution in [0.4, 0.5) is 0 Å². The molecule has 0 radical (unpaired) electrons. The number of aldehydes is 1. The van der Waals surface area contributed by atoms with Crippen molar-refractivity contribution in [2.24, 2.45) is 5.92 Å². The molecule has 24 heavy (non-hydrogen) atoms. The summed E-state index contributed by atoms with van der Waals surface area (Å²) in [5, 5.41) is 0. The first kappa shape index (κ1) is 22.1. The van der Waals surface area contributed by atoms with Crippen LogP contribution in [0.2, 0.25) is 0 Å². The molecule has 0 amide bonds. The number of methoxy groups -OCH3 is 1. The van der Waals surface area contributed by atoms with E-state index in [-0.39, 0.29) is 5.92 Å². The van der Waals surface area contributed by atoms with Crippen LogP contribution in [0.1, 0.15) is 45.2 Å². The molecule has 1 aromatic rings. The van der Waals surface area contributed by atoms with Crippen LogP contribution in [0.5, 0.6) is 5.75 Å².